The van der Waals surface area contributed by atoms with Crippen molar-refractivity contribution in [1.82, 2.24) is 10.2 Å². The van der Waals surface area contributed by atoms with Gasteiger partial charge in [0.15, 0.2) is 0 Å². The molecule has 0 aliphatic heterocycles. The van der Waals surface area contributed by atoms with Crippen LogP contribution in [0.1, 0.15) is 49.8 Å². The first-order valence-electron chi connectivity index (χ1n) is 9.77. The highest BCUT2D eigenvalue weighted by molar-refractivity contribution is 6.36. The van der Waals surface area contributed by atoms with E-state index in [0.29, 0.717) is 34.4 Å². The summed E-state index contributed by atoms with van der Waals surface area (Å²) in [6.45, 7) is 6.18. The number of nitrogens with zero attached hydrogens (tertiary/aromatic N) is 1. The normalized spacial score (nSPS) is 12.0. The summed E-state index contributed by atoms with van der Waals surface area (Å²) >= 11 is 12.6. The summed E-state index contributed by atoms with van der Waals surface area (Å²) < 4.78 is 0. The zero-order valence-electron chi connectivity index (χ0n) is 17.3. The van der Waals surface area contributed by atoms with Crippen LogP contribution in [0.3, 0.4) is 0 Å². The third kappa shape index (κ3) is 6.22. The van der Waals surface area contributed by atoms with Crippen molar-refractivity contribution in [2.75, 3.05) is 7.05 Å². The molecule has 0 aliphatic rings. The average molecular weight is 435 g/mol. The molecule has 0 saturated carbocycles. The molecule has 156 valence electrons. The second kappa shape index (κ2) is 10.7. The van der Waals surface area contributed by atoms with E-state index in [9.17, 15) is 9.59 Å². The van der Waals surface area contributed by atoms with Gasteiger partial charge < -0.3 is 10.2 Å². The number of rotatable bonds is 8. The number of nitrogens with one attached hydrogen (secondary N) is 1. The van der Waals surface area contributed by atoms with Gasteiger partial charge in [-0.05, 0) is 42.5 Å². The number of benzene rings is 2. The van der Waals surface area contributed by atoms with Gasteiger partial charge >= 0.3 is 0 Å². The average Bonchev–Trinajstić information content (AvgIpc) is 2.71. The first-order chi connectivity index (χ1) is 13.7. The molecule has 0 fully saturated rings. The molecule has 0 aromatic heterocycles. The Morgan fingerprint density at radius 1 is 1.00 bits per heavy atom. The van der Waals surface area contributed by atoms with Crippen LogP contribution in [0.4, 0.5) is 0 Å². The first kappa shape index (κ1) is 23.2. The van der Waals surface area contributed by atoms with Gasteiger partial charge in [0.05, 0.1) is 0 Å². The molecule has 6 heteroatoms. The molecule has 2 amide bonds. The summed E-state index contributed by atoms with van der Waals surface area (Å²) in [6, 6.07) is 12.9. The third-order valence-corrected chi connectivity index (χ3v) is 5.79. The lowest BCUT2D eigenvalue weighted by molar-refractivity contribution is -0.140. The minimum atomic E-state index is -0.636. The molecule has 0 heterocycles. The maximum absolute atomic E-state index is 13.0. The van der Waals surface area contributed by atoms with Gasteiger partial charge in [0.1, 0.15) is 6.04 Å². The minimum Gasteiger partial charge on any atom is -0.357 e. The van der Waals surface area contributed by atoms with Crippen molar-refractivity contribution in [2.45, 2.75) is 52.1 Å². The molecule has 0 aliphatic carbocycles. The Labute approximate surface area is 183 Å². The third-order valence-electron chi connectivity index (χ3n) is 5.08. The highest BCUT2D eigenvalue weighted by Gasteiger charge is 2.26. The lowest BCUT2D eigenvalue weighted by Gasteiger charge is -2.29. The SMILES string of the molecule is CNC(=O)[C@H](C)N(Cc1c(Cl)cccc1Cl)C(=O)CCc1ccc(C(C)C)cc1. The second-order valence-electron chi connectivity index (χ2n) is 7.41. The van der Waals surface area contributed by atoms with E-state index in [0.717, 1.165) is 5.56 Å². The lowest BCUT2D eigenvalue weighted by Crippen LogP contribution is -2.46. The van der Waals surface area contributed by atoms with Crippen LogP contribution in [0.25, 0.3) is 0 Å². The van der Waals surface area contributed by atoms with Crippen molar-refractivity contribution in [3.8, 4) is 0 Å². The summed E-state index contributed by atoms with van der Waals surface area (Å²) in [7, 11) is 1.56. The summed E-state index contributed by atoms with van der Waals surface area (Å²) in [5.74, 6) is 0.114. The quantitative estimate of drug-likeness (QED) is 0.619. The molecular weight excluding hydrogens is 407 g/mol. The van der Waals surface area contributed by atoms with E-state index in [2.05, 4.69) is 43.4 Å². The monoisotopic (exact) mass is 434 g/mol. The molecule has 1 N–H and O–H groups in total. The molecule has 2 aromatic carbocycles. The van der Waals surface area contributed by atoms with Crippen LogP contribution in [0, 0.1) is 0 Å². The van der Waals surface area contributed by atoms with Gasteiger partial charge in [-0.2, -0.15) is 0 Å². The predicted molar refractivity (Wildman–Crippen MR) is 119 cm³/mol. The van der Waals surface area contributed by atoms with E-state index in [4.69, 9.17) is 23.2 Å². The number of aryl methyl sites for hydroxylation is 1. The molecule has 0 spiro atoms. The largest absolute Gasteiger partial charge is 0.357 e. The maximum Gasteiger partial charge on any atom is 0.242 e. The molecule has 0 radical (unpaired) electrons. The Bertz CT molecular complexity index is 830. The first-order valence-corrected chi connectivity index (χ1v) is 10.5. The minimum absolute atomic E-state index is 0.120. The van der Waals surface area contributed by atoms with Gasteiger partial charge in [0, 0.05) is 35.6 Å². The molecule has 1 atom stereocenters. The van der Waals surface area contributed by atoms with E-state index in [1.807, 2.05) is 0 Å². The van der Waals surface area contributed by atoms with Crippen molar-refractivity contribution in [1.29, 1.82) is 0 Å². The van der Waals surface area contributed by atoms with Crippen molar-refractivity contribution >= 4 is 35.0 Å². The van der Waals surface area contributed by atoms with Gasteiger partial charge in [-0.15, -0.1) is 0 Å². The van der Waals surface area contributed by atoms with Crippen molar-refractivity contribution in [3.63, 3.8) is 0 Å². The Balaban J connectivity index is 2.17. The van der Waals surface area contributed by atoms with Crippen LogP contribution in [0.2, 0.25) is 10.0 Å². The molecule has 0 bridgehead atoms. The maximum atomic E-state index is 13.0. The van der Waals surface area contributed by atoms with E-state index in [-0.39, 0.29) is 18.4 Å². The molecule has 0 unspecified atom stereocenters. The second-order valence-corrected chi connectivity index (χ2v) is 8.22. The number of hydrogen-bond acceptors (Lipinski definition) is 2. The standard InChI is InChI=1S/C23H28Cl2N2O2/c1-15(2)18-11-8-17(9-12-18)10-13-22(28)27(16(3)23(29)26-4)14-19-20(24)6-5-7-21(19)25/h5-9,11-12,15-16H,10,13-14H2,1-4H3,(H,26,29)/t16-/m0/s1. The Morgan fingerprint density at radius 3 is 2.10 bits per heavy atom. The van der Waals surface area contributed by atoms with Crippen molar-refractivity contribution < 1.29 is 9.59 Å². The summed E-state index contributed by atoms with van der Waals surface area (Å²) in [5, 5.41) is 3.56. The smallest absolute Gasteiger partial charge is 0.242 e. The summed E-state index contributed by atoms with van der Waals surface area (Å²) in [5.41, 5.74) is 3.00. The number of carbonyl (C=O) groups is 2. The van der Waals surface area contributed by atoms with Crippen molar-refractivity contribution in [3.05, 3.63) is 69.2 Å². The Hall–Kier alpha value is -2.04. The predicted octanol–water partition coefficient (Wildman–Crippen LogP) is 5.21. The summed E-state index contributed by atoms with van der Waals surface area (Å²) in [6.07, 6.45) is 0.898. The molecule has 2 rings (SSSR count). The van der Waals surface area contributed by atoms with Crippen LogP contribution < -0.4 is 5.32 Å². The zero-order valence-corrected chi connectivity index (χ0v) is 18.8. The van der Waals surface area contributed by atoms with E-state index >= 15 is 0 Å². The van der Waals surface area contributed by atoms with Gasteiger partial charge in [0.2, 0.25) is 11.8 Å². The number of carbonyl (C=O) groups excluding carboxylic acids is 2. The fourth-order valence-electron chi connectivity index (χ4n) is 3.11. The molecule has 4 nitrogen and oxygen atoms in total. The van der Waals surface area contributed by atoms with Crippen LogP contribution in [-0.4, -0.2) is 29.8 Å². The number of likely N-dealkylation sites (N-methyl/N-ethyl adjacent to an activating group) is 1. The van der Waals surface area contributed by atoms with Crippen molar-refractivity contribution in [2.24, 2.45) is 0 Å². The number of hydrogen-bond donors (Lipinski definition) is 1. The van der Waals surface area contributed by atoms with Gasteiger partial charge in [-0.1, -0.05) is 67.4 Å². The van der Waals surface area contributed by atoms with Crippen LogP contribution in [0.15, 0.2) is 42.5 Å². The van der Waals surface area contributed by atoms with Gasteiger partial charge in [-0.25, -0.2) is 0 Å². The van der Waals surface area contributed by atoms with Crippen LogP contribution in [0.5, 0.6) is 0 Å². The zero-order chi connectivity index (χ0) is 21.6. The summed E-state index contributed by atoms with van der Waals surface area (Å²) in [4.78, 5) is 26.8. The van der Waals surface area contributed by atoms with Crippen LogP contribution >= 0.6 is 23.2 Å². The van der Waals surface area contributed by atoms with E-state index < -0.39 is 6.04 Å². The topological polar surface area (TPSA) is 49.4 Å². The molecule has 29 heavy (non-hydrogen) atoms. The fourth-order valence-corrected chi connectivity index (χ4v) is 3.63. The molecule has 0 saturated heterocycles. The molecular formula is C23H28Cl2N2O2. The van der Waals surface area contributed by atoms with Crippen LogP contribution in [-0.2, 0) is 22.6 Å². The van der Waals surface area contributed by atoms with E-state index in [1.165, 1.54) is 10.5 Å². The lowest BCUT2D eigenvalue weighted by atomic mass is 10.00. The Kier molecular flexibility index (Phi) is 8.54. The van der Waals surface area contributed by atoms with Gasteiger partial charge in [0.25, 0.3) is 0 Å². The molecule has 2 aromatic rings. The highest BCUT2D eigenvalue weighted by atomic mass is 35.5. The number of amides is 2. The Morgan fingerprint density at radius 2 is 1.59 bits per heavy atom. The fraction of sp³-hybridized carbons (Fsp3) is 0.391. The van der Waals surface area contributed by atoms with Gasteiger partial charge in [-0.3, -0.25) is 9.59 Å². The van der Waals surface area contributed by atoms with E-state index in [1.54, 1.807) is 32.2 Å². The number of halogens is 2. The highest BCUT2D eigenvalue weighted by Crippen LogP contribution is 2.27.